The number of hydrogen-bond donors (Lipinski definition) is 2. The van der Waals surface area contributed by atoms with Gasteiger partial charge in [-0.2, -0.15) is 10.4 Å². The van der Waals surface area contributed by atoms with Gasteiger partial charge in [0.15, 0.2) is 0 Å². The van der Waals surface area contributed by atoms with Crippen molar-refractivity contribution in [1.82, 2.24) is 9.78 Å². The summed E-state index contributed by atoms with van der Waals surface area (Å²) >= 11 is 0. The van der Waals surface area contributed by atoms with Gasteiger partial charge in [0.05, 0.1) is 24.3 Å². The lowest BCUT2D eigenvalue weighted by Gasteiger charge is -2.14. The van der Waals surface area contributed by atoms with Crippen molar-refractivity contribution in [2.75, 3.05) is 0 Å². The molecule has 1 heterocycles. The molecule has 0 saturated heterocycles. The van der Waals surface area contributed by atoms with Crippen molar-refractivity contribution >= 4 is 0 Å². The summed E-state index contributed by atoms with van der Waals surface area (Å²) < 4.78 is 1.46. The summed E-state index contributed by atoms with van der Waals surface area (Å²) in [4.78, 5) is 0. The van der Waals surface area contributed by atoms with Gasteiger partial charge >= 0.3 is 0 Å². The van der Waals surface area contributed by atoms with E-state index in [-0.39, 0.29) is 6.42 Å². The Morgan fingerprint density at radius 1 is 1.69 bits per heavy atom. The Bertz CT molecular complexity index is 315. The van der Waals surface area contributed by atoms with Crippen LogP contribution in [0.2, 0.25) is 0 Å². The van der Waals surface area contributed by atoms with Crippen LogP contribution in [-0.2, 0) is 7.05 Å². The van der Waals surface area contributed by atoms with Crippen LogP contribution in [0.4, 0.5) is 0 Å². The predicted molar refractivity (Wildman–Crippen MR) is 44.4 cm³/mol. The van der Waals surface area contributed by atoms with E-state index in [0.29, 0.717) is 5.69 Å². The molecule has 2 N–H and O–H groups in total. The Balaban J connectivity index is 2.74. The molecular weight excluding hydrogens is 170 g/mol. The lowest BCUT2D eigenvalue weighted by molar-refractivity contribution is 0.0167. The smallest absolute Gasteiger partial charge is 0.122 e. The van der Waals surface area contributed by atoms with Crippen molar-refractivity contribution in [2.24, 2.45) is 7.05 Å². The van der Waals surface area contributed by atoms with Crippen LogP contribution in [0.3, 0.4) is 0 Å². The maximum absolute atomic E-state index is 9.53. The molecule has 0 aliphatic rings. The molecule has 2 unspecified atom stereocenters. The van der Waals surface area contributed by atoms with Gasteiger partial charge in [-0.3, -0.25) is 4.68 Å². The number of aliphatic hydroxyl groups is 2. The van der Waals surface area contributed by atoms with E-state index in [1.54, 1.807) is 19.2 Å². The molecule has 1 aromatic rings. The highest BCUT2D eigenvalue weighted by Gasteiger charge is 2.20. The minimum atomic E-state index is -1.06. The van der Waals surface area contributed by atoms with E-state index in [9.17, 15) is 10.2 Å². The van der Waals surface area contributed by atoms with Crippen molar-refractivity contribution in [3.05, 3.63) is 18.0 Å². The number of nitrogens with zero attached hydrogens (tertiary/aromatic N) is 3. The van der Waals surface area contributed by atoms with E-state index in [4.69, 9.17) is 5.26 Å². The van der Waals surface area contributed by atoms with Crippen molar-refractivity contribution < 1.29 is 10.2 Å². The molecule has 5 heteroatoms. The molecule has 2 atom stereocenters. The van der Waals surface area contributed by atoms with Crippen LogP contribution in [0.15, 0.2) is 12.3 Å². The molecule has 0 fully saturated rings. The number of nitriles is 1. The molecule has 0 amide bonds. The van der Waals surface area contributed by atoms with Crippen molar-refractivity contribution in [1.29, 1.82) is 5.26 Å². The van der Waals surface area contributed by atoms with E-state index in [0.717, 1.165) is 0 Å². The van der Waals surface area contributed by atoms with Gasteiger partial charge in [0.2, 0.25) is 0 Å². The zero-order valence-electron chi connectivity index (χ0n) is 7.25. The van der Waals surface area contributed by atoms with Gasteiger partial charge in [0, 0.05) is 13.2 Å². The maximum atomic E-state index is 9.53. The third kappa shape index (κ3) is 2.05. The molecule has 0 aliphatic heterocycles. The molecule has 0 aliphatic carbocycles. The summed E-state index contributed by atoms with van der Waals surface area (Å²) in [6.45, 7) is 0. The zero-order valence-corrected chi connectivity index (χ0v) is 7.25. The predicted octanol–water partition coefficient (Wildman–Crippen LogP) is -0.272. The number of aliphatic hydroxyl groups excluding tert-OH is 2. The Morgan fingerprint density at radius 2 is 2.38 bits per heavy atom. The average Bonchev–Trinajstić information content (AvgIpc) is 2.50. The standard InChI is InChI=1S/C8H11N3O2/c1-11-6(3-5-10-11)8(13)7(12)2-4-9/h3,5,7-8,12-13H,2H2,1H3. The van der Waals surface area contributed by atoms with Crippen LogP contribution < -0.4 is 0 Å². The fourth-order valence-corrected chi connectivity index (χ4v) is 1.08. The molecule has 0 saturated carbocycles. The second-order valence-electron chi connectivity index (χ2n) is 2.75. The normalized spacial score (nSPS) is 14.9. The number of aromatic nitrogens is 2. The first-order chi connectivity index (χ1) is 6.16. The highest BCUT2D eigenvalue weighted by molar-refractivity contribution is 5.06. The molecule has 0 radical (unpaired) electrons. The largest absolute Gasteiger partial charge is 0.389 e. The van der Waals surface area contributed by atoms with Gasteiger partial charge in [-0.1, -0.05) is 0 Å². The van der Waals surface area contributed by atoms with E-state index in [1.165, 1.54) is 10.9 Å². The number of hydrogen-bond acceptors (Lipinski definition) is 4. The van der Waals surface area contributed by atoms with Crippen molar-refractivity contribution in [3.63, 3.8) is 0 Å². The quantitative estimate of drug-likeness (QED) is 0.672. The lowest BCUT2D eigenvalue weighted by Crippen LogP contribution is -2.20. The maximum Gasteiger partial charge on any atom is 0.122 e. The van der Waals surface area contributed by atoms with Gasteiger partial charge in [-0.05, 0) is 6.07 Å². The molecule has 0 aromatic carbocycles. The van der Waals surface area contributed by atoms with Gasteiger partial charge in [-0.25, -0.2) is 0 Å². The summed E-state index contributed by atoms with van der Waals surface area (Å²) in [6, 6.07) is 3.39. The Kier molecular flexibility index (Phi) is 3.01. The van der Waals surface area contributed by atoms with E-state index < -0.39 is 12.2 Å². The van der Waals surface area contributed by atoms with Crippen molar-refractivity contribution in [2.45, 2.75) is 18.6 Å². The van der Waals surface area contributed by atoms with Crippen LogP contribution in [0.25, 0.3) is 0 Å². The first-order valence-electron chi connectivity index (χ1n) is 3.87. The summed E-state index contributed by atoms with van der Waals surface area (Å²) in [6.07, 6.45) is -0.670. The first-order valence-corrected chi connectivity index (χ1v) is 3.87. The van der Waals surface area contributed by atoms with Crippen LogP contribution in [0, 0.1) is 11.3 Å². The fourth-order valence-electron chi connectivity index (χ4n) is 1.08. The number of rotatable bonds is 3. The number of aryl methyl sites for hydroxylation is 1. The minimum absolute atomic E-state index is 0.0909. The molecule has 13 heavy (non-hydrogen) atoms. The molecular formula is C8H11N3O2. The van der Waals surface area contributed by atoms with Gasteiger partial charge < -0.3 is 10.2 Å². The molecule has 0 spiro atoms. The summed E-state index contributed by atoms with van der Waals surface area (Å²) in [7, 11) is 1.66. The van der Waals surface area contributed by atoms with Crippen LogP contribution in [-0.4, -0.2) is 26.1 Å². The summed E-state index contributed by atoms with van der Waals surface area (Å²) in [5.74, 6) is 0. The Labute approximate surface area is 75.8 Å². The highest BCUT2D eigenvalue weighted by Crippen LogP contribution is 2.17. The first kappa shape index (κ1) is 9.71. The minimum Gasteiger partial charge on any atom is -0.389 e. The highest BCUT2D eigenvalue weighted by atomic mass is 16.3. The second-order valence-corrected chi connectivity index (χ2v) is 2.75. The fraction of sp³-hybridized carbons (Fsp3) is 0.500. The van der Waals surface area contributed by atoms with E-state index in [1.807, 2.05) is 0 Å². The Hall–Kier alpha value is -1.38. The molecule has 5 nitrogen and oxygen atoms in total. The van der Waals surface area contributed by atoms with Crippen LogP contribution in [0.1, 0.15) is 18.2 Å². The lowest BCUT2D eigenvalue weighted by atomic mass is 10.1. The zero-order chi connectivity index (χ0) is 9.84. The third-order valence-electron chi connectivity index (χ3n) is 1.83. The van der Waals surface area contributed by atoms with Crippen LogP contribution >= 0.6 is 0 Å². The third-order valence-corrected chi connectivity index (χ3v) is 1.83. The molecule has 0 bridgehead atoms. The monoisotopic (exact) mass is 181 g/mol. The van der Waals surface area contributed by atoms with Crippen LogP contribution in [0.5, 0.6) is 0 Å². The summed E-state index contributed by atoms with van der Waals surface area (Å²) in [5.41, 5.74) is 0.503. The van der Waals surface area contributed by atoms with Gasteiger partial charge in [0.1, 0.15) is 6.10 Å². The second kappa shape index (κ2) is 4.03. The molecule has 1 aromatic heterocycles. The molecule has 1 rings (SSSR count). The Morgan fingerprint density at radius 3 is 2.85 bits per heavy atom. The summed E-state index contributed by atoms with van der Waals surface area (Å²) in [5, 5.41) is 31.0. The van der Waals surface area contributed by atoms with E-state index in [2.05, 4.69) is 5.10 Å². The van der Waals surface area contributed by atoms with Crippen molar-refractivity contribution in [3.8, 4) is 6.07 Å². The van der Waals surface area contributed by atoms with E-state index >= 15 is 0 Å². The SMILES string of the molecule is Cn1nccc1C(O)C(O)CC#N. The topological polar surface area (TPSA) is 82.1 Å². The van der Waals surface area contributed by atoms with Gasteiger partial charge in [0.25, 0.3) is 0 Å². The molecule has 70 valence electrons. The average molecular weight is 181 g/mol. The van der Waals surface area contributed by atoms with Gasteiger partial charge in [-0.15, -0.1) is 0 Å².